The van der Waals surface area contributed by atoms with E-state index in [0.29, 0.717) is 17.4 Å². The summed E-state index contributed by atoms with van der Waals surface area (Å²) >= 11 is 1.42. The zero-order valence-electron chi connectivity index (χ0n) is 15.4. The lowest BCUT2D eigenvalue weighted by Crippen LogP contribution is -2.46. The zero-order chi connectivity index (χ0) is 20.0. The van der Waals surface area contributed by atoms with Gasteiger partial charge in [-0.1, -0.05) is 13.8 Å². The number of thioether (sulfide) groups is 1. The predicted molar refractivity (Wildman–Crippen MR) is 101 cm³/mol. The molecule has 1 fully saturated rings. The molecule has 1 aromatic rings. The molecule has 1 amide bonds. The highest BCUT2D eigenvalue weighted by Gasteiger charge is 2.28. The number of nitro benzene ring substituents is 1. The summed E-state index contributed by atoms with van der Waals surface area (Å²) in [5, 5.41) is 20.3. The SMILES string of the molecule is CC(C)CCSc1ccc(C(=O)N2CCOC(CC(=O)O)C2)cc1[N+](=O)[O-]. The van der Waals surface area contributed by atoms with E-state index in [1.807, 2.05) is 0 Å². The summed E-state index contributed by atoms with van der Waals surface area (Å²) in [6, 6.07) is 4.52. The van der Waals surface area contributed by atoms with Crippen LogP contribution in [-0.4, -0.2) is 58.4 Å². The number of morpholine rings is 1. The Morgan fingerprint density at radius 2 is 2.19 bits per heavy atom. The van der Waals surface area contributed by atoms with Crippen LogP contribution in [0.15, 0.2) is 23.1 Å². The van der Waals surface area contributed by atoms with Gasteiger partial charge in [-0.15, -0.1) is 11.8 Å². The normalized spacial score (nSPS) is 17.1. The number of ether oxygens (including phenoxy) is 1. The van der Waals surface area contributed by atoms with Gasteiger partial charge in [-0.2, -0.15) is 0 Å². The molecule has 148 valence electrons. The molecule has 1 unspecified atom stereocenters. The molecule has 1 aliphatic heterocycles. The number of amides is 1. The van der Waals surface area contributed by atoms with Crippen LogP contribution in [0.4, 0.5) is 5.69 Å². The van der Waals surface area contributed by atoms with Gasteiger partial charge in [0, 0.05) is 24.7 Å². The number of carbonyl (C=O) groups excluding carboxylic acids is 1. The van der Waals surface area contributed by atoms with Crippen molar-refractivity contribution in [2.45, 2.75) is 37.7 Å². The minimum Gasteiger partial charge on any atom is -0.481 e. The molecule has 27 heavy (non-hydrogen) atoms. The second-order valence-electron chi connectivity index (χ2n) is 6.81. The average Bonchev–Trinajstić information content (AvgIpc) is 2.60. The van der Waals surface area contributed by atoms with Crippen LogP contribution in [-0.2, 0) is 9.53 Å². The molecule has 0 aliphatic carbocycles. The summed E-state index contributed by atoms with van der Waals surface area (Å²) in [7, 11) is 0. The van der Waals surface area contributed by atoms with Crippen LogP contribution in [0, 0.1) is 16.0 Å². The highest BCUT2D eigenvalue weighted by molar-refractivity contribution is 7.99. The number of rotatable bonds is 8. The molecule has 1 N–H and O–H groups in total. The van der Waals surface area contributed by atoms with E-state index in [-0.39, 0.29) is 36.7 Å². The number of carboxylic acid groups (broad SMARTS) is 1. The first-order valence-electron chi connectivity index (χ1n) is 8.81. The fourth-order valence-corrected chi connectivity index (χ4v) is 3.98. The quantitative estimate of drug-likeness (QED) is 0.408. The summed E-state index contributed by atoms with van der Waals surface area (Å²) in [6.45, 7) is 4.92. The van der Waals surface area contributed by atoms with Gasteiger partial charge in [0.1, 0.15) is 0 Å². The molecule has 1 saturated heterocycles. The third kappa shape index (κ3) is 6.21. The van der Waals surface area contributed by atoms with E-state index in [2.05, 4.69) is 13.8 Å². The maximum Gasteiger partial charge on any atom is 0.306 e. The van der Waals surface area contributed by atoms with Crippen LogP contribution in [0.25, 0.3) is 0 Å². The Labute approximate surface area is 162 Å². The lowest BCUT2D eigenvalue weighted by Gasteiger charge is -2.32. The predicted octanol–water partition coefficient (Wildman–Crippen LogP) is 3.05. The molecule has 0 spiro atoms. The van der Waals surface area contributed by atoms with Crippen molar-refractivity contribution in [2.24, 2.45) is 5.92 Å². The number of hydrogen-bond donors (Lipinski definition) is 1. The number of carbonyl (C=O) groups is 2. The van der Waals surface area contributed by atoms with Crippen molar-refractivity contribution in [3.05, 3.63) is 33.9 Å². The maximum atomic E-state index is 12.7. The van der Waals surface area contributed by atoms with Crippen LogP contribution in [0.2, 0.25) is 0 Å². The van der Waals surface area contributed by atoms with Gasteiger partial charge in [-0.05, 0) is 30.2 Å². The van der Waals surface area contributed by atoms with E-state index >= 15 is 0 Å². The molecule has 1 atom stereocenters. The Hall–Kier alpha value is -2.13. The maximum absolute atomic E-state index is 12.7. The highest BCUT2D eigenvalue weighted by atomic mass is 32.2. The fraction of sp³-hybridized carbons (Fsp3) is 0.556. The topological polar surface area (TPSA) is 110 Å². The van der Waals surface area contributed by atoms with E-state index in [4.69, 9.17) is 9.84 Å². The van der Waals surface area contributed by atoms with Gasteiger partial charge in [-0.3, -0.25) is 19.7 Å². The number of carboxylic acids is 1. The van der Waals surface area contributed by atoms with Crippen LogP contribution < -0.4 is 0 Å². The van der Waals surface area contributed by atoms with Crippen molar-refractivity contribution in [3.8, 4) is 0 Å². The van der Waals surface area contributed by atoms with E-state index < -0.39 is 17.0 Å². The second kappa shape index (κ2) is 9.70. The zero-order valence-corrected chi connectivity index (χ0v) is 16.2. The van der Waals surface area contributed by atoms with E-state index in [0.717, 1.165) is 12.2 Å². The van der Waals surface area contributed by atoms with E-state index in [1.165, 1.54) is 22.7 Å². The van der Waals surface area contributed by atoms with Gasteiger partial charge >= 0.3 is 5.97 Å². The van der Waals surface area contributed by atoms with Crippen LogP contribution >= 0.6 is 11.8 Å². The Morgan fingerprint density at radius 1 is 1.44 bits per heavy atom. The second-order valence-corrected chi connectivity index (χ2v) is 7.95. The van der Waals surface area contributed by atoms with Crippen molar-refractivity contribution in [2.75, 3.05) is 25.4 Å². The van der Waals surface area contributed by atoms with Crippen LogP contribution in [0.1, 0.15) is 37.0 Å². The third-order valence-electron chi connectivity index (χ3n) is 4.18. The molecule has 0 bridgehead atoms. The van der Waals surface area contributed by atoms with Crippen molar-refractivity contribution in [3.63, 3.8) is 0 Å². The Bertz CT molecular complexity index is 709. The molecule has 0 radical (unpaired) electrons. The molecule has 8 nitrogen and oxygen atoms in total. The number of nitrogens with zero attached hydrogens (tertiary/aromatic N) is 2. The van der Waals surface area contributed by atoms with Crippen molar-refractivity contribution >= 4 is 29.3 Å². The summed E-state index contributed by atoms with van der Waals surface area (Å²) in [5.74, 6) is -0.0627. The highest BCUT2D eigenvalue weighted by Crippen LogP contribution is 2.31. The monoisotopic (exact) mass is 396 g/mol. The Balaban J connectivity index is 2.12. The standard InChI is InChI=1S/C18H24N2O6S/c1-12(2)5-8-27-16-4-3-13(9-15(16)20(24)25)18(23)19-6-7-26-14(11-19)10-17(21)22/h3-4,9,12,14H,5-8,10-11H2,1-2H3,(H,21,22). The molecule has 0 saturated carbocycles. The van der Waals surface area contributed by atoms with Gasteiger partial charge in [0.2, 0.25) is 0 Å². The number of benzene rings is 1. The van der Waals surface area contributed by atoms with Crippen LogP contribution in [0.3, 0.4) is 0 Å². The van der Waals surface area contributed by atoms with Gasteiger partial charge in [0.15, 0.2) is 0 Å². The first kappa shape index (κ1) is 21.2. The van der Waals surface area contributed by atoms with Gasteiger partial charge in [0.25, 0.3) is 11.6 Å². The van der Waals surface area contributed by atoms with Crippen molar-refractivity contribution in [1.29, 1.82) is 0 Å². The largest absolute Gasteiger partial charge is 0.481 e. The molecular formula is C18H24N2O6S. The fourth-order valence-electron chi connectivity index (χ4n) is 2.72. The minimum atomic E-state index is -0.993. The number of hydrogen-bond acceptors (Lipinski definition) is 6. The lowest BCUT2D eigenvalue weighted by molar-refractivity contribution is -0.387. The first-order valence-corrected chi connectivity index (χ1v) is 9.80. The summed E-state index contributed by atoms with van der Waals surface area (Å²) in [5.41, 5.74) is 0.149. The third-order valence-corrected chi connectivity index (χ3v) is 5.28. The van der Waals surface area contributed by atoms with Gasteiger partial charge in [-0.25, -0.2) is 0 Å². The molecule has 0 aromatic heterocycles. The summed E-state index contributed by atoms with van der Waals surface area (Å²) in [4.78, 5) is 36.5. The Morgan fingerprint density at radius 3 is 2.81 bits per heavy atom. The van der Waals surface area contributed by atoms with Crippen molar-refractivity contribution in [1.82, 2.24) is 4.90 Å². The number of nitro groups is 1. The number of aliphatic carboxylic acids is 1. The van der Waals surface area contributed by atoms with Crippen LogP contribution in [0.5, 0.6) is 0 Å². The average molecular weight is 396 g/mol. The Kier molecular flexibility index (Phi) is 7.61. The molecule has 1 heterocycles. The van der Waals surface area contributed by atoms with Crippen molar-refractivity contribution < 1.29 is 24.4 Å². The molecular weight excluding hydrogens is 372 g/mol. The van der Waals surface area contributed by atoms with Gasteiger partial charge < -0.3 is 14.7 Å². The summed E-state index contributed by atoms with van der Waals surface area (Å²) in [6.07, 6.45) is 0.192. The minimum absolute atomic E-state index is 0.0787. The van der Waals surface area contributed by atoms with E-state index in [1.54, 1.807) is 12.1 Å². The molecule has 9 heteroatoms. The summed E-state index contributed by atoms with van der Waals surface area (Å²) < 4.78 is 5.36. The smallest absolute Gasteiger partial charge is 0.306 e. The molecule has 1 aromatic carbocycles. The first-order chi connectivity index (χ1) is 12.8. The van der Waals surface area contributed by atoms with Gasteiger partial charge in [0.05, 0.1) is 29.0 Å². The lowest BCUT2D eigenvalue weighted by atomic mass is 10.1. The molecule has 1 aliphatic rings. The van der Waals surface area contributed by atoms with E-state index in [9.17, 15) is 19.7 Å². The molecule has 2 rings (SSSR count).